The summed E-state index contributed by atoms with van der Waals surface area (Å²) >= 11 is 0. The third kappa shape index (κ3) is 3.71. The molecular formula is C17H21N3. The minimum absolute atomic E-state index is 0.663. The summed E-state index contributed by atoms with van der Waals surface area (Å²) in [6.07, 6.45) is 3.85. The van der Waals surface area contributed by atoms with Crippen molar-refractivity contribution in [2.24, 2.45) is 0 Å². The van der Waals surface area contributed by atoms with Gasteiger partial charge in [-0.1, -0.05) is 18.1 Å². The highest BCUT2D eigenvalue weighted by atomic mass is 14.9. The maximum Gasteiger partial charge on any atom is 0.0726 e. The summed E-state index contributed by atoms with van der Waals surface area (Å²) in [7, 11) is 0. The van der Waals surface area contributed by atoms with Crippen molar-refractivity contribution in [2.75, 3.05) is 11.9 Å². The molecule has 20 heavy (non-hydrogen) atoms. The monoisotopic (exact) mass is 267 g/mol. The van der Waals surface area contributed by atoms with Crippen molar-refractivity contribution in [3.05, 3.63) is 35.5 Å². The van der Waals surface area contributed by atoms with Crippen LogP contribution in [0.25, 0.3) is 10.9 Å². The van der Waals surface area contributed by atoms with Gasteiger partial charge in [-0.2, -0.15) is 5.26 Å². The van der Waals surface area contributed by atoms with Crippen LogP contribution in [0.2, 0.25) is 0 Å². The molecule has 0 amide bonds. The fourth-order valence-electron chi connectivity index (χ4n) is 2.35. The average molecular weight is 267 g/mol. The minimum Gasteiger partial charge on any atom is -0.384 e. The largest absolute Gasteiger partial charge is 0.384 e. The number of hydrogen-bond donors (Lipinski definition) is 1. The Bertz CT molecular complexity index is 626. The Morgan fingerprint density at radius 1 is 1.15 bits per heavy atom. The second-order valence-corrected chi connectivity index (χ2v) is 5.23. The van der Waals surface area contributed by atoms with Crippen molar-refractivity contribution in [2.45, 2.75) is 39.5 Å². The van der Waals surface area contributed by atoms with Crippen molar-refractivity contribution >= 4 is 16.6 Å². The summed E-state index contributed by atoms with van der Waals surface area (Å²) in [4.78, 5) is 4.57. The molecule has 3 nitrogen and oxygen atoms in total. The van der Waals surface area contributed by atoms with Gasteiger partial charge in [0, 0.05) is 29.7 Å². The molecule has 0 spiro atoms. The number of fused-ring (bicyclic) bond motifs is 1. The van der Waals surface area contributed by atoms with Crippen LogP contribution in [0.4, 0.5) is 5.69 Å². The molecule has 0 saturated carbocycles. The Labute approximate surface area is 120 Å². The van der Waals surface area contributed by atoms with E-state index in [1.165, 1.54) is 10.9 Å². The number of nitrogens with zero attached hydrogens (tertiary/aromatic N) is 2. The Balaban J connectivity index is 2.05. The molecule has 0 unspecified atom stereocenters. The SMILES string of the molecule is Cc1ccc2nc(C)cc(NCCCCCC#N)c2c1. The van der Waals surface area contributed by atoms with Crippen LogP contribution >= 0.6 is 0 Å². The van der Waals surface area contributed by atoms with Gasteiger partial charge in [0.25, 0.3) is 0 Å². The zero-order chi connectivity index (χ0) is 14.4. The van der Waals surface area contributed by atoms with E-state index in [-0.39, 0.29) is 0 Å². The Morgan fingerprint density at radius 3 is 2.80 bits per heavy atom. The fraction of sp³-hybridized carbons (Fsp3) is 0.412. The van der Waals surface area contributed by atoms with Crippen LogP contribution in [0, 0.1) is 25.2 Å². The normalized spacial score (nSPS) is 10.4. The van der Waals surface area contributed by atoms with Gasteiger partial charge in [-0.15, -0.1) is 0 Å². The molecule has 0 aliphatic carbocycles. The predicted octanol–water partition coefficient (Wildman–Crippen LogP) is 4.35. The topological polar surface area (TPSA) is 48.7 Å². The summed E-state index contributed by atoms with van der Waals surface area (Å²) in [5.74, 6) is 0. The second kappa shape index (κ2) is 6.91. The number of pyridine rings is 1. The standard InChI is InChI=1S/C17H21N3/c1-13-7-8-16-15(11-13)17(12-14(2)20-16)19-10-6-4-3-5-9-18/h7-8,11-12H,3-6,10H2,1-2H3,(H,19,20). The van der Waals surface area contributed by atoms with Crippen LogP contribution < -0.4 is 5.32 Å². The quantitative estimate of drug-likeness (QED) is 0.792. The summed E-state index contributed by atoms with van der Waals surface area (Å²) in [5.41, 5.74) is 4.49. The van der Waals surface area contributed by atoms with Gasteiger partial charge in [0.1, 0.15) is 0 Å². The maximum atomic E-state index is 8.50. The molecule has 104 valence electrons. The molecule has 0 radical (unpaired) electrons. The number of nitrogens with one attached hydrogen (secondary N) is 1. The second-order valence-electron chi connectivity index (χ2n) is 5.23. The highest BCUT2D eigenvalue weighted by molar-refractivity contribution is 5.91. The fourth-order valence-corrected chi connectivity index (χ4v) is 2.35. The Morgan fingerprint density at radius 2 is 2.00 bits per heavy atom. The van der Waals surface area contributed by atoms with E-state index in [1.807, 2.05) is 6.92 Å². The molecule has 1 heterocycles. The van der Waals surface area contributed by atoms with Crippen molar-refractivity contribution in [1.82, 2.24) is 4.98 Å². The highest BCUT2D eigenvalue weighted by Crippen LogP contribution is 2.24. The number of aryl methyl sites for hydroxylation is 2. The van der Waals surface area contributed by atoms with E-state index >= 15 is 0 Å². The summed E-state index contributed by atoms with van der Waals surface area (Å²) < 4.78 is 0. The van der Waals surface area contributed by atoms with Crippen LogP contribution in [0.3, 0.4) is 0 Å². The van der Waals surface area contributed by atoms with Gasteiger partial charge in [0.2, 0.25) is 0 Å². The molecule has 0 saturated heterocycles. The third-order valence-corrected chi connectivity index (χ3v) is 3.37. The van der Waals surface area contributed by atoms with E-state index in [2.05, 4.69) is 47.6 Å². The number of benzene rings is 1. The van der Waals surface area contributed by atoms with Gasteiger partial charge in [-0.05, 0) is 44.9 Å². The van der Waals surface area contributed by atoms with E-state index < -0.39 is 0 Å². The zero-order valence-electron chi connectivity index (χ0n) is 12.2. The minimum atomic E-state index is 0.663. The molecule has 0 aliphatic heterocycles. The zero-order valence-corrected chi connectivity index (χ0v) is 12.2. The lowest BCUT2D eigenvalue weighted by Crippen LogP contribution is -2.03. The van der Waals surface area contributed by atoms with E-state index in [0.717, 1.165) is 42.7 Å². The highest BCUT2D eigenvalue weighted by Gasteiger charge is 2.04. The van der Waals surface area contributed by atoms with E-state index in [9.17, 15) is 0 Å². The van der Waals surface area contributed by atoms with Gasteiger partial charge in [-0.3, -0.25) is 4.98 Å². The first-order chi connectivity index (χ1) is 9.70. The summed E-state index contributed by atoms with van der Waals surface area (Å²) in [5, 5.41) is 13.2. The molecule has 1 aromatic heterocycles. The van der Waals surface area contributed by atoms with Crippen LogP contribution in [0.1, 0.15) is 36.9 Å². The molecule has 3 heteroatoms. The number of nitriles is 1. The maximum absolute atomic E-state index is 8.50. The number of unbranched alkanes of at least 4 members (excludes halogenated alkanes) is 3. The van der Waals surface area contributed by atoms with E-state index in [1.54, 1.807) is 0 Å². The lowest BCUT2D eigenvalue weighted by atomic mass is 10.1. The van der Waals surface area contributed by atoms with Crippen molar-refractivity contribution in [1.29, 1.82) is 5.26 Å². The first-order valence-electron chi connectivity index (χ1n) is 7.19. The number of aromatic nitrogens is 1. The third-order valence-electron chi connectivity index (χ3n) is 3.37. The molecule has 1 N–H and O–H groups in total. The van der Waals surface area contributed by atoms with Gasteiger partial charge in [-0.25, -0.2) is 0 Å². The van der Waals surface area contributed by atoms with Crippen LogP contribution in [-0.4, -0.2) is 11.5 Å². The first kappa shape index (κ1) is 14.3. The van der Waals surface area contributed by atoms with Crippen LogP contribution in [-0.2, 0) is 0 Å². The van der Waals surface area contributed by atoms with Gasteiger partial charge >= 0.3 is 0 Å². The molecule has 0 bridgehead atoms. The van der Waals surface area contributed by atoms with Crippen molar-refractivity contribution in [3.63, 3.8) is 0 Å². The predicted molar refractivity (Wildman–Crippen MR) is 83.8 cm³/mol. The molecular weight excluding hydrogens is 246 g/mol. The lowest BCUT2D eigenvalue weighted by molar-refractivity contribution is 0.712. The van der Waals surface area contributed by atoms with E-state index in [0.29, 0.717) is 6.42 Å². The number of anilines is 1. The molecule has 0 aliphatic rings. The molecule has 0 fully saturated rings. The molecule has 0 atom stereocenters. The number of rotatable bonds is 6. The summed E-state index contributed by atoms with van der Waals surface area (Å²) in [6.45, 7) is 5.07. The molecule has 2 rings (SSSR count). The first-order valence-corrected chi connectivity index (χ1v) is 7.19. The Hall–Kier alpha value is -2.08. The van der Waals surface area contributed by atoms with Crippen molar-refractivity contribution in [3.8, 4) is 6.07 Å². The van der Waals surface area contributed by atoms with Gasteiger partial charge < -0.3 is 5.32 Å². The Kier molecular flexibility index (Phi) is 4.95. The molecule has 1 aromatic carbocycles. The van der Waals surface area contributed by atoms with E-state index in [4.69, 9.17) is 5.26 Å². The average Bonchev–Trinajstić information content (AvgIpc) is 2.43. The lowest BCUT2D eigenvalue weighted by Gasteiger charge is -2.11. The summed E-state index contributed by atoms with van der Waals surface area (Å²) in [6, 6.07) is 10.7. The number of hydrogen-bond acceptors (Lipinski definition) is 3. The van der Waals surface area contributed by atoms with Crippen LogP contribution in [0.15, 0.2) is 24.3 Å². The molecule has 2 aromatic rings. The van der Waals surface area contributed by atoms with Gasteiger partial charge in [0.15, 0.2) is 0 Å². The van der Waals surface area contributed by atoms with Crippen molar-refractivity contribution < 1.29 is 0 Å². The smallest absolute Gasteiger partial charge is 0.0726 e. The van der Waals surface area contributed by atoms with Gasteiger partial charge in [0.05, 0.1) is 11.6 Å². The van der Waals surface area contributed by atoms with Crippen LogP contribution in [0.5, 0.6) is 0 Å².